The topological polar surface area (TPSA) is 32.3 Å². The molecule has 0 amide bonds. The van der Waals surface area contributed by atoms with E-state index < -0.39 is 5.60 Å². The van der Waals surface area contributed by atoms with Crippen molar-refractivity contribution in [1.82, 2.24) is 5.32 Å². The van der Waals surface area contributed by atoms with E-state index in [1.54, 1.807) is 0 Å². The Morgan fingerprint density at radius 2 is 2.00 bits per heavy atom. The third kappa shape index (κ3) is 2.10. The molecule has 0 saturated carbocycles. The SMILES string of the molecule is Cc1cccc(C2(O)CCNCC2)c1Br. The molecule has 3 heteroatoms. The standard InChI is InChI=1S/C12H16BrNO/c1-9-3-2-4-10(11(9)13)12(15)5-7-14-8-6-12/h2-4,14-15H,5-8H2,1H3. The Morgan fingerprint density at radius 3 is 2.67 bits per heavy atom. The lowest BCUT2D eigenvalue weighted by atomic mass is 9.84. The molecule has 0 bridgehead atoms. The predicted octanol–water partition coefficient (Wildman–Crippen LogP) is 2.33. The Hall–Kier alpha value is -0.380. The van der Waals surface area contributed by atoms with Crippen LogP contribution >= 0.6 is 15.9 Å². The molecular weight excluding hydrogens is 254 g/mol. The summed E-state index contributed by atoms with van der Waals surface area (Å²) in [6.45, 7) is 3.83. The van der Waals surface area contributed by atoms with Crippen LogP contribution < -0.4 is 5.32 Å². The third-order valence-corrected chi connectivity index (χ3v) is 4.18. The monoisotopic (exact) mass is 269 g/mol. The van der Waals surface area contributed by atoms with Gasteiger partial charge in [0.25, 0.3) is 0 Å². The smallest absolute Gasteiger partial charge is 0.0931 e. The molecule has 1 aliphatic rings. The fourth-order valence-electron chi connectivity index (χ4n) is 2.12. The molecule has 0 radical (unpaired) electrons. The molecule has 0 aliphatic carbocycles. The molecule has 1 aromatic carbocycles. The molecule has 2 rings (SSSR count). The molecule has 1 aromatic rings. The van der Waals surface area contributed by atoms with Gasteiger partial charge in [-0.25, -0.2) is 0 Å². The van der Waals surface area contributed by atoms with E-state index in [0.29, 0.717) is 0 Å². The van der Waals surface area contributed by atoms with E-state index in [2.05, 4.69) is 34.2 Å². The van der Waals surface area contributed by atoms with Crippen LogP contribution in [-0.4, -0.2) is 18.2 Å². The van der Waals surface area contributed by atoms with Crippen LogP contribution in [0.3, 0.4) is 0 Å². The molecule has 2 N–H and O–H groups in total. The Kier molecular flexibility index (Phi) is 3.14. The Labute approximate surface area is 98.8 Å². The predicted molar refractivity (Wildman–Crippen MR) is 64.9 cm³/mol. The molecule has 0 aromatic heterocycles. The van der Waals surface area contributed by atoms with Crippen molar-refractivity contribution in [3.8, 4) is 0 Å². The van der Waals surface area contributed by atoms with Gasteiger partial charge in [-0.3, -0.25) is 0 Å². The van der Waals surface area contributed by atoms with Crippen LogP contribution in [0.5, 0.6) is 0 Å². The van der Waals surface area contributed by atoms with Crippen molar-refractivity contribution in [2.45, 2.75) is 25.4 Å². The number of hydrogen-bond donors (Lipinski definition) is 2. The lowest BCUT2D eigenvalue weighted by Crippen LogP contribution is -2.39. The van der Waals surface area contributed by atoms with E-state index in [4.69, 9.17) is 0 Å². The second-order valence-electron chi connectivity index (χ2n) is 4.22. The van der Waals surface area contributed by atoms with E-state index in [0.717, 1.165) is 36.0 Å². The van der Waals surface area contributed by atoms with Gasteiger partial charge < -0.3 is 10.4 Å². The van der Waals surface area contributed by atoms with Crippen LogP contribution in [0.2, 0.25) is 0 Å². The minimum absolute atomic E-state index is 0.657. The van der Waals surface area contributed by atoms with Crippen molar-refractivity contribution >= 4 is 15.9 Å². The van der Waals surface area contributed by atoms with Gasteiger partial charge in [0.15, 0.2) is 0 Å². The first-order valence-corrected chi connectivity index (χ1v) is 6.11. The molecule has 82 valence electrons. The van der Waals surface area contributed by atoms with Crippen LogP contribution in [0.25, 0.3) is 0 Å². The van der Waals surface area contributed by atoms with E-state index >= 15 is 0 Å². The summed E-state index contributed by atoms with van der Waals surface area (Å²) >= 11 is 3.57. The van der Waals surface area contributed by atoms with Gasteiger partial charge in [0, 0.05) is 4.47 Å². The average molecular weight is 270 g/mol. The second-order valence-corrected chi connectivity index (χ2v) is 5.01. The molecular formula is C12H16BrNO. The first kappa shape index (κ1) is 11.1. The van der Waals surface area contributed by atoms with E-state index in [9.17, 15) is 5.11 Å². The fraction of sp³-hybridized carbons (Fsp3) is 0.500. The maximum absolute atomic E-state index is 10.6. The molecule has 0 unspecified atom stereocenters. The first-order valence-electron chi connectivity index (χ1n) is 5.32. The van der Waals surface area contributed by atoms with Crippen molar-refractivity contribution in [1.29, 1.82) is 0 Å². The molecule has 15 heavy (non-hydrogen) atoms. The van der Waals surface area contributed by atoms with Crippen molar-refractivity contribution in [2.75, 3.05) is 13.1 Å². The van der Waals surface area contributed by atoms with Gasteiger partial charge in [-0.1, -0.05) is 34.1 Å². The second kappa shape index (κ2) is 4.24. The molecule has 2 nitrogen and oxygen atoms in total. The van der Waals surface area contributed by atoms with Gasteiger partial charge in [0.1, 0.15) is 0 Å². The van der Waals surface area contributed by atoms with Gasteiger partial charge in [0.2, 0.25) is 0 Å². The normalized spacial score (nSPS) is 20.2. The summed E-state index contributed by atoms with van der Waals surface area (Å²) in [5.74, 6) is 0. The first-order chi connectivity index (χ1) is 7.13. The highest BCUT2D eigenvalue weighted by atomic mass is 79.9. The minimum Gasteiger partial charge on any atom is -0.385 e. The lowest BCUT2D eigenvalue weighted by Gasteiger charge is -2.34. The van der Waals surface area contributed by atoms with Crippen LogP contribution in [0.4, 0.5) is 0 Å². The van der Waals surface area contributed by atoms with E-state index in [-0.39, 0.29) is 0 Å². The lowest BCUT2D eigenvalue weighted by molar-refractivity contribution is 0.00522. The Morgan fingerprint density at radius 1 is 1.33 bits per heavy atom. The highest BCUT2D eigenvalue weighted by Crippen LogP contribution is 2.36. The Bertz CT molecular complexity index is 359. The van der Waals surface area contributed by atoms with E-state index in [1.165, 1.54) is 5.56 Å². The van der Waals surface area contributed by atoms with Gasteiger partial charge in [-0.05, 0) is 44.0 Å². The summed E-state index contributed by atoms with van der Waals surface area (Å²) in [4.78, 5) is 0. The number of hydrogen-bond acceptors (Lipinski definition) is 2. The molecule has 1 fully saturated rings. The van der Waals surface area contributed by atoms with Gasteiger partial charge >= 0.3 is 0 Å². The van der Waals surface area contributed by atoms with Gasteiger partial charge in [0.05, 0.1) is 5.60 Å². The number of benzene rings is 1. The summed E-state index contributed by atoms with van der Waals surface area (Å²) in [5.41, 5.74) is 1.55. The zero-order chi connectivity index (χ0) is 10.9. The summed E-state index contributed by atoms with van der Waals surface area (Å²) in [6, 6.07) is 6.08. The van der Waals surface area contributed by atoms with E-state index in [1.807, 2.05) is 12.1 Å². The minimum atomic E-state index is -0.657. The zero-order valence-corrected chi connectivity index (χ0v) is 10.5. The summed E-state index contributed by atoms with van der Waals surface area (Å²) in [5, 5.41) is 13.8. The largest absolute Gasteiger partial charge is 0.385 e. The number of aliphatic hydroxyl groups is 1. The maximum atomic E-state index is 10.6. The summed E-state index contributed by atoms with van der Waals surface area (Å²) < 4.78 is 1.05. The van der Waals surface area contributed by atoms with Crippen LogP contribution in [0, 0.1) is 6.92 Å². The van der Waals surface area contributed by atoms with Crippen molar-refractivity contribution < 1.29 is 5.11 Å². The number of piperidine rings is 1. The highest BCUT2D eigenvalue weighted by Gasteiger charge is 2.32. The summed E-state index contributed by atoms with van der Waals surface area (Å²) in [6.07, 6.45) is 1.57. The number of rotatable bonds is 1. The maximum Gasteiger partial charge on any atom is 0.0931 e. The van der Waals surface area contributed by atoms with Crippen LogP contribution in [0.1, 0.15) is 24.0 Å². The number of nitrogens with one attached hydrogen (secondary N) is 1. The van der Waals surface area contributed by atoms with Crippen LogP contribution in [0.15, 0.2) is 22.7 Å². The number of halogens is 1. The van der Waals surface area contributed by atoms with Gasteiger partial charge in [-0.15, -0.1) is 0 Å². The zero-order valence-electron chi connectivity index (χ0n) is 8.89. The number of aryl methyl sites for hydroxylation is 1. The molecule has 0 spiro atoms. The fourth-order valence-corrected chi connectivity index (χ4v) is 2.75. The Balaban J connectivity index is 2.39. The van der Waals surface area contributed by atoms with Crippen molar-refractivity contribution in [3.05, 3.63) is 33.8 Å². The quantitative estimate of drug-likeness (QED) is 0.821. The highest BCUT2D eigenvalue weighted by molar-refractivity contribution is 9.10. The average Bonchev–Trinajstić information content (AvgIpc) is 2.23. The molecule has 0 atom stereocenters. The molecule has 1 aliphatic heterocycles. The van der Waals surface area contributed by atoms with Crippen molar-refractivity contribution in [2.24, 2.45) is 0 Å². The molecule has 1 heterocycles. The van der Waals surface area contributed by atoms with Crippen molar-refractivity contribution in [3.63, 3.8) is 0 Å². The summed E-state index contributed by atoms with van der Waals surface area (Å²) in [7, 11) is 0. The third-order valence-electron chi connectivity index (χ3n) is 3.12. The molecule has 1 saturated heterocycles. The van der Waals surface area contributed by atoms with Crippen LogP contribution in [-0.2, 0) is 5.60 Å². The van der Waals surface area contributed by atoms with Gasteiger partial charge in [-0.2, -0.15) is 0 Å².